The van der Waals surface area contributed by atoms with Gasteiger partial charge in [0, 0.05) is 30.3 Å². The summed E-state index contributed by atoms with van der Waals surface area (Å²) in [6.45, 7) is 0.169. The van der Waals surface area contributed by atoms with E-state index in [9.17, 15) is 0 Å². The maximum Gasteiger partial charge on any atom is 0.162 e. The van der Waals surface area contributed by atoms with Crippen LogP contribution in [0.3, 0.4) is 0 Å². The third kappa shape index (κ3) is 1.71. The summed E-state index contributed by atoms with van der Waals surface area (Å²) in [5.41, 5.74) is 0.741. The largest absolute Gasteiger partial charge is 0.396 e. The molecule has 0 saturated heterocycles. The standard InChI is InChI=1S/C9H10ClN3O/c10-7-3-4-13-8(2-1-5-14)11-12-9(13)6-7/h3-4,6,14H,1-2,5H2. The number of aromatic nitrogens is 3. The summed E-state index contributed by atoms with van der Waals surface area (Å²) in [5.74, 6) is 0.853. The van der Waals surface area contributed by atoms with Gasteiger partial charge in [-0.05, 0) is 12.5 Å². The number of pyridine rings is 1. The molecule has 14 heavy (non-hydrogen) atoms. The van der Waals surface area contributed by atoms with E-state index in [0.29, 0.717) is 11.4 Å². The zero-order valence-electron chi connectivity index (χ0n) is 7.52. The van der Waals surface area contributed by atoms with Crippen LogP contribution in [0.5, 0.6) is 0 Å². The molecule has 0 atom stereocenters. The molecular formula is C9H10ClN3O. The molecule has 0 fully saturated rings. The normalized spacial score (nSPS) is 11.0. The van der Waals surface area contributed by atoms with Crippen molar-refractivity contribution < 1.29 is 5.11 Å². The van der Waals surface area contributed by atoms with Gasteiger partial charge in [0.05, 0.1) is 0 Å². The summed E-state index contributed by atoms with van der Waals surface area (Å²) >= 11 is 5.81. The number of aryl methyl sites for hydroxylation is 1. The van der Waals surface area contributed by atoms with Crippen LogP contribution in [0, 0.1) is 0 Å². The minimum Gasteiger partial charge on any atom is -0.396 e. The van der Waals surface area contributed by atoms with Crippen LogP contribution in [0.1, 0.15) is 12.2 Å². The number of halogens is 1. The zero-order chi connectivity index (χ0) is 9.97. The molecule has 0 radical (unpaired) electrons. The van der Waals surface area contributed by atoms with Crippen LogP contribution >= 0.6 is 11.6 Å². The first-order valence-corrected chi connectivity index (χ1v) is 4.79. The Morgan fingerprint density at radius 2 is 2.29 bits per heavy atom. The van der Waals surface area contributed by atoms with Crippen molar-refractivity contribution in [1.29, 1.82) is 0 Å². The van der Waals surface area contributed by atoms with Crippen LogP contribution < -0.4 is 0 Å². The number of fused-ring (bicyclic) bond motifs is 1. The first-order valence-electron chi connectivity index (χ1n) is 4.41. The monoisotopic (exact) mass is 211 g/mol. The summed E-state index contributed by atoms with van der Waals surface area (Å²) < 4.78 is 1.88. The van der Waals surface area contributed by atoms with Crippen LogP contribution in [-0.2, 0) is 6.42 Å². The minimum absolute atomic E-state index is 0.169. The van der Waals surface area contributed by atoms with Gasteiger partial charge in [0.1, 0.15) is 5.82 Å². The summed E-state index contributed by atoms with van der Waals surface area (Å²) in [6.07, 6.45) is 3.26. The van der Waals surface area contributed by atoms with Crippen molar-refractivity contribution in [2.24, 2.45) is 0 Å². The number of rotatable bonds is 3. The average Bonchev–Trinajstić information content (AvgIpc) is 2.57. The van der Waals surface area contributed by atoms with Crippen LogP contribution in [0.4, 0.5) is 0 Å². The highest BCUT2D eigenvalue weighted by molar-refractivity contribution is 6.30. The summed E-state index contributed by atoms with van der Waals surface area (Å²) in [4.78, 5) is 0. The molecule has 2 heterocycles. The Bertz CT molecular complexity index is 441. The van der Waals surface area contributed by atoms with Gasteiger partial charge in [0.25, 0.3) is 0 Å². The van der Waals surface area contributed by atoms with E-state index in [1.165, 1.54) is 0 Å². The second-order valence-corrected chi connectivity index (χ2v) is 3.45. The van der Waals surface area contributed by atoms with Crippen LogP contribution in [-0.4, -0.2) is 26.3 Å². The number of hydrogen-bond donors (Lipinski definition) is 1. The lowest BCUT2D eigenvalue weighted by molar-refractivity contribution is 0.287. The third-order valence-corrected chi connectivity index (χ3v) is 2.24. The predicted molar refractivity (Wildman–Crippen MR) is 53.4 cm³/mol. The molecule has 0 aliphatic heterocycles. The highest BCUT2D eigenvalue weighted by Crippen LogP contribution is 2.12. The second-order valence-electron chi connectivity index (χ2n) is 3.02. The maximum atomic E-state index is 8.70. The van der Waals surface area contributed by atoms with E-state index in [-0.39, 0.29) is 6.61 Å². The Morgan fingerprint density at radius 3 is 3.07 bits per heavy atom. The van der Waals surface area contributed by atoms with Gasteiger partial charge in [-0.1, -0.05) is 11.6 Å². The number of aliphatic hydroxyl groups is 1. The Balaban J connectivity index is 2.37. The highest BCUT2D eigenvalue weighted by atomic mass is 35.5. The lowest BCUT2D eigenvalue weighted by atomic mass is 10.3. The molecule has 0 aliphatic rings. The molecule has 0 spiro atoms. The fourth-order valence-electron chi connectivity index (χ4n) is 1.32. The Hall–Kier alpha value is -1.13. The smallest absolute Gasteiger partial charge is 0.162 e. The van der Waals surface area contributed by atoms with E-state index in [1.54, 1.807) is 12.1 Å². The van der Waals surface area contributed by atoms with Crippen molar-refractivity contribution in [3.63, 3.8) is 0 Å². The van der Waals surface area contributed by atoms with E-state index in [4.69, 9.17) is 16.7 Å². The molecule has 2 rings (SSSR count). The van der Waals surface area contributed by atoms with Crippen LogP contribution in [0.15, 0.2) is 18.3 Å². The van der Waals surface area contributed by atoms with Crippen molar-refractivity contribution in [3.8, 4) is 0 Å². The lowest BCUT2D eigenvalue weighted by Gasteiger charge is -1.97. The number of nitrogens with zero attached hydrogens (tertiary/aromatic N) is 3. The van der Waals surface area contributed by atoms with Crippen molar-refractivity contribution >= 4 is 17.2 Å². The number of aliphatic hydroxyl groups excluding tert-OH is 1. The molecule has 74 valence electrons. The summed E-state index contributed by atoms with van der Waals surface area (Å²) in [7, 11) is 0. The van der Waals surface area contributed by atoms with Gasteiger partial charge < -0.3 is 5.11 Å². The Labute approximate surface area is 86.1 Å². The maximum absolute atomic E-state index is 8.70. The lowest BCUT2D eigenvalue weighted by Crippen LogP contribution is -1.96. The average molecular weight is 212 g/mol. The van der Waals surface area contributed by atoms with Gasteiger partial charge in [0.15, 0.2) is 5.65 Å². The molecule has 0 bridgehead atoms. The van der Waals surface area contributed by atoms with Crippen molar-refractivity contribution in [3.05, 3.63) is 29.2 Å². The van der Waals surface area contributed by atoms with E-state index in [1.807, 2.05) is 10.6 Å². The molecule has 0 aliphatic carbocycles. The highest BCUT2D eigenvalue weighted by Gasteiger charge is 2.04. The van der Waals surface area contributed by atoms with Crippen LogP contribution in [0.25, 0.3) is 5.65 Å². The molecule has 4 nitrogen and oxygen atoms in total. The van der Waals surface area contributed by atoms with Gasteiger partial charge in [-0.25, -0.2) is 0 Å². The van der Waals surface area contributed by atoms with Crippen molar-refractivity contribution in [2.75, 3.05) is 6.61 Å². The molecule has 0 saturated carbocycles. The molecule has 2 aromatic rings. The van der Waals surface area contributed by atoms with Gasteiger partial charge in [-0.3, -0.25) is 4.40 Å². The van der Waals surface area contributed by atoms with E-state index >= 15 is 0 Å². The first kappa shape index (κ1) is 9.43. The zero-order valence-corrected chi connectivity index (χ0v) is 8.28. The number of hydrogen-bond acceptors (Lipinski definition) is 3. The van der Waals surface area contributed by atoms with Gasteiger partial charge in [-0.15, -0.1) is 10.2 Å². The van der Waals surface area contributed by atoms with Gasteiger partial charge >= 0.3 is 0 Å². The van der Waals surface area contributed by atoms with Gasteiger partial charge in [0.2, 0.25) is 0 Å². The molecule has 0 amide bonds. The minimum atomic E-state index is 0.169. The topological polar surface area (TPSA) is 50.4 Å². The van der Waals surface area contributed by atoms with E-state index in [0.717, 1.165) is 17.9 Å². The molecule has 1 N–H and O–H groups in total. The Morgan fingerprint density at radius 1 is 1.43 bits per heavy atom. The predicted octanol–water partition coefficient (Wildman–Crippen LogP) is 1.31. The third-order valence-electron chi connectivity index (χ3n) is 2.00. The van der Waals surface area contributed by atoms with E-state index in [2.05, 4.69) is 10.2 Å². The molecule has 2 aromatic heterocycles. The molecule has 5 heteroatoms. The van der Waals surface area contributed by atoms with Crippen LogP contribution in [0.2, 0.25) is 5.02 Å². The fraction of sp³-hybridized carbons (Fsp3) is 0.333. The van der Waals surface area contributed by atoms with Crippen molar-refractivity contribution in [2.45, 2.75) is 12.8 Å². The molecule has 0 aromatic carbocycles. The Kier molecular flexibility index (Phi) is 2.65. The first-order chi connectivity index (χ1) is 6.81. The molecular weight excluding hydrogens is 202 g/mol. The summed E-state index contributed by atoms with van der Waals surface area (Å²) in [6, 6.07) is 3.55. The second kappa shape index (κ2) is 3.94. The van der Waals surface area contributed by atoms with Crippen molar-refractivity contribution in [1.82, 2.24) is 14.6 Å². The molecule has 0 unspecified atom stereocenters. The van der Waals surface area contributed by atoms with Gasteiger partial charge in [-0.2, -0.15) is 0 Å². The van der Waals surface area contributed by atoms with E-state index < -0.39 is 0 Å². The summed E-state index contributed by atoms with van der Waals surface area (Å²) in [5, 5.41) is 17.4. The quantitative estimate of drug-likeness (QED) is 0.833. The SMILES string of the molecule is OCCCc1nnc2cc(Cl)ccn12. The fourth-order valence-corrected chi connectivity index (χ4v) is 1.48.